The summed E-state index contributed by atoms with van der Waals surface area (Å²) in [5.41, 5.74) is -0.317. The highest BCUT2D eigenvalue weighted by molar-refractivity contribution is 7.90. The lowest BCUT2D eigenvalue weighted by Gasteiger charge is -2.27. The van der Waals surface area contributed by atoms with E-state index in [2.05, 4.69) is 15.0 Å². The first-order valence-corrected chi connectivity index (χ1v) is 11.3. The van der Waals surface area contributed by atoms with Gasteiger partial charge in [-0.15, -0.1) is 4.40 Å². The molecule has 4 rings (SSSR count). The zero-order valence-corrected chi connectivity index (χ0v) is 16.7. The lowest BCUT2D eigenvalue weighted by atomic mass is 9.98. The molecule has 0 aromatic heterocycles. The second-order valence-corrected chi connectivity index (χ2v) is 9.39. The monoisotopic (exact) mass is 421 g/mol. The van der Waals surface area contributed by atoms with Gasteiger partial charge >= 0.3 is 6.03 Å². The largest absolute Gasteiger partial charge is 0.352 e. The van der Waals surface area contributed by atoms with Crippen LogP contribution in [-0.2, 0) is 19.6 Å². The summed E-state index contributed by atoms with van der Waals surface area (Å²) in [6.07, 6.45) is 8.30. The number of amidine groups is 1. The number of hydrogen-bond donors (Lipinski definition) is 2. The highest BCUT2D eigenvalue weighted by Crippen LogP contribution is 2.34. The molecule has 1 aliphatic carbocycles. The van der Waals surface area contributed by atoms with Crippen LogP contribution in [0.1, 0.15) is 32.1 Å². The number of nitrogens with zero attached hydrogens (tertiary/aromatic N) is 3. The predicted molar refractivity (Wildman–Crippen MR) is 104 cm³/mol. The number of sulfonamides is 1. The summed E-state index contributed by atoms with van der Waals surface area (Å²) in [5.74, 6) is -0.259. The second kappa shape index (κ2) is 7.29. The Morgan fingerprint density at radius 2 is 2.00 bits per heavy atom. The molecule has 0 bridgehead atoms. The number of nitrogens with one attached hydrogen (secondary N) is 2. The van der Waals surface area contributed by atoms with Crippen LogP contribution in [-0.4, -0.2) is 72.8 Å². The first-order valence-electron chi connectivity index (χ1n) is 9.71. The van der Waals surface area contributed by atoms with Crippen molar-refractivity contribution >= 4 is 33.7 Å². The Morgan fingerprint density at radius 3 is 2.76 bits per heavy atom. The van der Waals surface area contributed by atoms with E-state index in [1.165, 1.54) is 17.1 Å². The number of rotatable bonds is 5. The van der Waals surface area contributed by atoms with Gasteiger partial charge < -0.3 is 15.5 Å². The smallest absolute Gasteiger partial charge is 0.325 e. The van der Waals surface area contributed by atoms with E-state index in [1.54, 1.807) is 11.1 Å². The molecule has 0 unspecified atom stereocenters. The first-order chi connectivity index (χ1) is 13.8. The van der Waals surface area contributed by atoms with Gasteiger partial charge in [0.15, 0.2) is 0 Å². The van der Waals surface area contributed by atoms with Crippen LogP contribution in [0.4, 0.5) is 4.79 Å². The number of carbonyl (C=O) groups is 3. The molecule has 2 N–H and O–H groups in total. The van der Waals surface area contributed by atoms with Gasteiger partial charge in [-0.25, -0.2) is 13.2 Å². The summed E-state index contributed by atoms with van der Waals surface area (Å²) in [6.45, 7) is 0.808. The molecule has 1 spiro atoms. The fourth-order valence-electron chi connectivity index (χ4n) is 4.07. The summed E-state index contributed by atoms with van der Waals surface area (Å²) < 4.78 is 26.7. The molecule has 1 saturated heterocycles. The molecule has 0 aromatic rings. The standard InChI is InChI=1S/C18H23N5O5S/c24-15(13-4-5-14-21-29(27,28)11-10-22(14)12-13)19-8-3-9-23-16(25)18(20-17(23)26)6-1-2-7-18/h4-5,12H,1-3,6-11H2,(H,19,24)(H,20,26). The molecule has 11 heteroatoms. The van der Waals surface area contributed by atoms with Crippen LogP contribution in [0.15, 0.2) is 28.3 Å². The van der Waals surface area contributed by atoms with Gasteiger partial charge in [-0.3, -0.25) is 14.5 Å². The third-order valence-electron chi connectivity index (χ3n) is 5.63. The maximum atomic E-state index is 12.6. The van der Waals surface area contributed by atoms with Crippen LogP contribution in [0, 0.1) is 0 Å². The molecule has 0 atom stereocenters. The Balaban J connectivity index is 1.27. The van der Waals surface area contributed by atoms with Crippen molar-refractivity contribution in [2.24, 2.45) is 4.40 Å². The molecule has 29 heavy (non-hydrogen) atoms. The predicted octanol–water partition coefficient (Wildman–Crippen LogP) is -0.145. The molecular weight excluding hydrogens is 398 g/mol. The average molecular weight is 421 g/mol. The SMILES string of the molecule is O=C(NCCCN1C(=O)NC2(CCCC2)C1=O)C1=CN2CCS(=O)(=O)N=C2C=C1. The third-order valence-corrected chi connectivity index (χ3v) is 6.80. The Bertz CT molecular complexity index is 946. The number of urea groups is 1. The molecule has 156 valence electrons. The van der Waals surface area contributed by atoms with E-state index in [0.29, 0.717) is 37.2 Å². The number of amides is 4. The quantitative estimate of drug-likeness (QED) is 0.470. The third kappa shape index (κ3) is 3.78. The first kappa shape index (κ1) is 19.6. The van der Waals surface area contributed by atoms with E-state index in [1.807, 2.05) is 0 Å². The summed E-state index contributed by atoms with van der Waals surface area (Å²) in [7, 11) is -3.43. The van der Waals surface area contributed by atoms with Gasteiger partial charge in [-0.2, -0.15) is 0 Å². The highest BCUT2D eigenvalue weighted by atomic mass is 32.2. The summed E-state index contributed by atoms with van der Waals surface area (Å²) in [5, 5.41) is 5.60. The van der Waals surface area contributed by atoms with Gasteiger partial charge in [-0.1, -0.05) is 12.8 Å². The molecule has 3 heterocycles. The maximum absolute atomic E-state index is 12.6. The Labute approximate surface area is 168 Å². The van der Waals surface area contributed by atoms with Crippen molar-refractivity contribution in [1.82, 2.24) is 20.4 Å². The van der Waals surface area contributed by atoms with Crippen molar-refractivity contribution in [3.05, 3.63) is 23.9 Å². The molecule has 4 aliphatic rings. The number of imide groups is 1. The van der Waals surface area contributed by atoms with Crippen LogP contribution < -0.4 is 10.6 Å². The molecule has 0 radical (unpaired) electrons. The Kier molecular flexibility index (Phi) is 4.93. The zero-order chi connectivity index (χ0) is 20.6. The van der Waals surface area contributed by atoms with Crippen molar-refractivity contribution < 1.29 is 22.8 Å². The van der Waals surface area contributed by atoms with Crippen molar-refractivity contribution in [2.75, 3.05) is 25.4 Å². The van der Waals surface area contributed by atoms with E-state index >= 15 is 0 Å². The van der Waals surface area contributed by atoms with Crippen LogP contribution in [0.5, 0.6) is 0 Å². The van der Waals surface area contributed by atoms with E-state index < -0.39 is 15.6 Å². The molecule has 1 saturated carbocycles. The Morgan fingerprint density at radius 1 is 1.24 bits per heavy atom. The zero-order valence-electron chi connectivity index (χ0n) is 15.9. The van der Waals surface area contributed by atoms with Crippen LogP contribution in [0.25, 0.3) is 0 Å². The van der Waals surface area contributed by atoms with Gasteiger partial charge in [0.2, 0.25) is 0 Å². The van der Waals surface area contributed by atoms with Crippen molar-refractivity contribution in [3.8, 4) is 0 Å². The second-order valence-electron chi connectivity index (χ2n) is 7.63. The lowest BCUT2D eigenvalue weighted by molar-refractivity contribution is -0.131. The van der Waals surface area contributed by atoms with E-state index in [9.17, 15) is 22.8 Å². The maximum Gasteiger partial charge on any atom is 0.325 e. The summed E-state index contributed by atoms with van der Waals surface area (Å²) in [4.78, 5) is 39.9. The van der Waals surface area contributed by atoms with Crippen LogP contribution in [0.3, 0.4) is 0 Å². The van der Waals surface area contributed by atoms with Crippen molar-refractivity contribution in [2.45, 2.75) is 37.6 Å². The van der Waals surface area contributed by atoms with Gasteiger partial charge in [-0.05, 0) is 31.4 Å². The van der Waals surface area contributed by atoms with Gasteiger partial charge in [0.1, 0.15) is 11.4 Å². The molecular formula is C18H23N5O5S. The highest BCUT2D eigenvalue weighted by Gasteiger charge is 2.51. The number of carbonyl (C=O) groups excluding carboxylic acids is 3. The average Bonchev–Trinajstić information content (AvgIpc) is 3.24. The fourth-order valence-corrected chi connectivity index (χ4v) is 5.04. The minimum atomic E-state index is -3.43. The fraction of sp³-hybridized carbons (Fsp3) is 0.556. The minimum absolute atomic E-state index is 0.0941. The normalized spacial score (nSPS) is 24.3. The van der Waals surface area contributed by atoms with Crippen molar-refractivity contribution in [1.29, 1.82) is 0 Å². The van der Waals surface area contributed by atoms with Crippen molar-refractivity contribution in [3.63, 3.8) is 0 Å². The molecule has 0 aromatic carbocycles. The Hall–Kier alpha value is -2.69. The summed E-state index contributed by atoms with van der Waals surface area (Å²) in [6, 6.07) is -0.354. The van der Waals surface area contributed by atoms with E-state index in [-0.39, 0.29) is 36.7 Å². The van der Waals surface area contributed by atoms with E-state index in [0.717, 1.165) is 12.8 Å². The topological polar surface area (TPSA) is 128 Å². The molecule has 2 fully saturated rings. The van der Waals surface area contributed by atoms with Crippen LogP contribution >= 0.6 is 0 Å². The van der Waals surface area contributed by atoms with Gasteiger partial charge in [0, 0.05) is 25.8 Å². The summed E-state index contributed by atoms with van der Waals surface area (Å²) >= 11 is 0. The molecule has 10 nitrogen and oxygen atoms in total. The van der Waals surface area contributed by atoms with Gasteiger partial charge in [0.25, 0.3) is 21.8 Å². The number of hydrogen-bond acceptors (Lipinski definition) is 6. The van der Waals surface area contributed by atoms with E-state index in [4.69, 9.17) is 0 Å². The number of fused-ring (bicyclic) bond motifs is 1. The molecule has 3 aliphatic heterocycles. The lowest BCUT2D eigenvalue weighted by Crippen LogP contribution is -2.44. The molecule has 4 amide bonds. The minimum Gasteiger partial charge on any atom is -0.352 e. The van der Waals surface area contributed by atoms with Crippen LogP contribution in [0.2, 0.25) is 0 Å². The van der Waals surface area contributed by atoms with Gasteiger partial charge in [0.05, 0.1) is 11.3 Å².